The highest BCUT2D eigenvalue weighted by Crippen LogP contribution is 2.47. The number of nitrogens with zero attached hydrogens (tertiary/aromatic N) is 2. The van der Waals surface area contributed by atoms with Crippen LogP contribution in [0.2, 0.25) is 5.02 Å². The van der Waals surface area contributed by atoms with E-state index in [9.17, 15) is 14.4 Å². The summed E-state index contributed by atoms with van der Waals surface area (Å²) in [7, 11) is 1.24. The lowest BCUT2D eigenvalue weighted by Gasteiger charge is -2.27. The minimum atomic E-state index is -0.978. The van der Waals surface area contributed by atoms with Gasteiger partial charge in [0.25, 0.3) is 0 Å². The summed E-state index contributed by atoms with van der Waals surface area (Å²) in [5.41, 5.74) is 1.82. The molecule has 1 fully saturated rings. The number of fused-ring (bicyclic) bond motifs is 1. The summed E-state index contributed by atoms with van der Waals surface area (Å²) in [6.45, 7) is 6.07. The lowest BCUT2D eigenvalue weighted by molar-refractivity contribution is -0.133. The van der Waals surface area contributed by atoms with Gasteiger partial charge in [-0.1, -0.05) is 62.7 Å². The van der Waals surface area contributed by atoms with E-state index >= 15 is 0 Å². The Hall–Kier alpha value is -2.99. The van der Waals surface area contributed by atoms with Crippen LogP contribution >= 0.6 is 11.6 Å². The number of para-hydroxylation sites is 1. The summed E-state index contributed by atoms with van der Waals surface area (Å²) in [5, 5.41) is 0.546. The smallest absolute Gasteiger partial charge is 0.352 e. The van der Waals surface area contributed by atoms with E-state index in [0.717, 1.165) is 5.56 Å². The summed E-state index contributed by atoms with van der Waals surface area (Å²) >= 11 is 6.01. The van der Waals surface area contributed by atoms with Gasteiger partial charge in [0.1, 0.15) is 11.6 Å². The van der Waals surface area contributed by atoms with Crippen LogP contribution in [0.3, 0.4) is 0 Å². The van der Waals surface area contributed by atoms with Gasteiger partial charge >= 0.3 is 5.97 Å². The Morgan fingerprint density at radius 2 is 1.68 bits per heavy atom. The van der Waals surface area contributed by atoms with E-state index in [2.05, 4.69) is 4.99 Å². The van der Waals surface area contributed by atoms with Crippen molar-refractivity contribution in [2.24, 2.45) is 16.8 Å². The number of hydrogen-bond acceptors (Lipinski definition) is 5. The highest BCUT2D eigenvalue weighted by atomic mass is 35.5. The van der Waals surface area contributed by atoms with E-state index in [1.165, 1.54) is 12.0 Å². The van der Waals surface area contributed by atoms with Crippen molar-refractivity contribution in [1.29, 1.82) is 0 Å². The summed E-state index contributed by atoms with van der Waals surface area (Å²) in [6.07, 6.45) is 0. The number of ether oxygens (including phenoxy) is 1. The zero-order valence-electron chi connectivity index (χ0n) is 17.8. The molecule has 2 unspecified atom stereocenters. The Morgan fingerprint density at radius 1 is 1.03 bits per heavy atom. The van der Waals surface area contributed by atoms with Crippen LogP contribution < -0.4 is 4.90 Å². The number of aliphatic imine (C=N–C) groups is 1. The van der Waals surface area contributed by atoms with E-state index < -0.39 is 29.8 Å². The molecular formula is C24H23ClN2O4. The zero-order valence-corrected chi connectivity index (χ0v) is 18.5. The van der Waals surface area contributed by atoms with Gasteiger partial charge < -0.3 is 4.74 Å². The van der Waals surface area contributed by atoms with Crippen LogP contribution in [0.4, 0.5) is 5.69 Å². The maximum Gasteiger partial charge on any atom is 0.352 e. The van der Waals surface area contributed by atoms with Gasteiger partial charge in [-0.15, -0.1) is 0 Å². The topological polar surface area (TPSA) is 76.0 Å². The Kier molecular flexibility index (Phi) is 5.21. The van der Waals surface area contributed by atoms with Crippen molar-refractivity contribution in [2.75, 3.05) is 12.0 Å². The average molecular weight is 439 g/mol. The minimum absolute atomic E-state index is 0.0125. The number of carbonyl (C=O) groups excluding carboxylic acids is 3. The van der Waals surface area contributed by atoms with E-state index in [-0.39, 0.29) is 17.0 Å². The summed E-state index contributed by atoms with van der Waals surface area (Å²) in [5.74, 6) is -3.30. The highest BCUT2D eigenvalue weighted by Gasteiger charge is 2.59. The molecule has 6 nitrogen and oxygen atoms in total. The fourth-order valence-corrected chi connectivity index (χ4v) is 4.50. The highest BCUT2D eigenvalue weighted by molar-refractivity contribution is 6.46. The minimum Gasteiger partial charge on any atom is -0.465 e. The number of esters is 1. The van der Waals surface area contributed by atoms with Crippen LogP contribution in [0.15, 0.2) is 53.5 Å². The molecular weight excluding hydrogens is 416 g/mol. The lowest BCUT2D eigenvalue weighted by atomic mass is 9.85. The van der Waals surface area contributed by atoms with Crippen LogP contribution in [-0.2, 0) is 24.5 Å². The molecule has 2 aromatic rings. The van der Waals surface area contributed by atoms with Crippen molar-refractivity contribution in [3.63, 3.8) is 0 Å². The number of benzene rings is 2. The SMILES string of the molecule is COC(=O)C1=N[C@H](c2ccc(Cl)cc2)C2C(=O)N(c3ccccc3C(C)(C)C)C(=O)C12. The Labute approximate surface area is 185 Å². The normalized spacial score (nSPS) is 23.1. The van der Waals surface area contributed by atoms with Gasteiger partial charge in [0.2, 0.25) is 11.8 Å². The zero-order chi connectivity index (χ0) is 22.5. The standard InChI is InChI=1S/C24H23ClN2O4/c1-24(2,3)15-7-5-6-8-16(15)27-21(28)17-18(22(27)29)20(23(30)31-4)26-19(17)13-9-11-14(25)12-10-13/h5-12,17-19H,1-4H3/t17?,18?,19-/m1/s1. The average Bonchev–Trinajstić information content (AvgIpc) is 3.24. The second-order valence-electron chi connectivity index (χ2n) is 8.78. The first kappa shape index (κ1) is 21.2. The maximum atomic E-state index is 13.6. The number of anilines is 1. The lowest BCUT2D eigenvalue weighted by Crippen LogP contribution is -2.36. The van der Waals surface area contributed by atoms with Gasteiger partial charge in [0, 0.05) is 5.02 Å². The number of methoxy groups -OCH3 is 1. The molecule has 0 N–H and O–H groups in total. The van der Waals surface area contributed by atoms with E-state index in [1.54, 1.807) is 36.4 Å². The van der Waals surface area contributed by atoms with Gasteiger partial charge in [-0.3, -0.25) is 14.6 Å². The quantitative estimate of drug-likeness (QED) is 0.533. The number of carbonyl (C=O) groups is 3. The number of halogens is 1. The molecule has 0 radical (unpaired) electrons. The molecule has 31 heavy (non-hydrogen) atoms. The molecule has 2 amide bonds. The molecule has 2 aromatic carbocycles. The van der Waals surface area contributed by atoms with E-state index in [1.807, 2.05) is 32.9 Å². The molecule has 2 aliphatic rings. The fraction of sp³-hybridized carbons (Fsp3) is 0.333. The first-order valence-corrected chi connectivity index (χ1v) is 10.4. The van der Waals surface area contributed by atoms with Gasteiger partial charge in [0.15, 0.2) is 0 Å². The van der Waals surface area contributed by atoms with Gasteiger partial charge in [-0.25, -0.2) is 9.69 Å². The largest absolute Gasteiger partial charge is 0.465 e. The van der Waals surface area contributed by atoms with Crippen molar-refractivity contribution in [2.45, 2.75) is 32.2 Å². The van der Waals surface area contributed by atoms with Gasteiger partial charge in [-0.05, 0) is 34.7 Å². The molecule has 0 saturated carbocycles. The van der Waals surface area contributed by atoms with Crippen LogP contribution in [0.5, 0.6) is 0 Å². The number of rotatable bonds is 3. The van der Waals surface area contributed by atoms with Crippen LogP contribution in [0, 0.1) is 11.8 Å². The molecule has 0 bridgehead atoms. The number of amides is 2. The second-order valence-corrected chi connectivity index (χ2v) is 9.22. The Morgan fingerprint density at radius 3 is 2.29 bits per heavy atom. The molecule has 0 aromatic heterocycles. The van der Waals surface area contributed by atoms with Crippen molar-refractivity contribution in [1.82, 2.24) is 0 Å². The van der Waals surface area contributed by atoms with Crippen molar-refractivity contribution >= 4 is 40.8 Å². The molecule has 3 atom stereocenters. The number of imide groups is 1. The van der Waals surface area contributed by atoms with E-state index in [0.29, 0.717) is 16.3 Å². The monoisotopic (exact) mass is 438 g/mol. The molecule has 1 saturated heterocycles. The van der Waals surface area contributed by atoms with Gasteiger partial charge in [-0.2, -0.15) is 0 Å². The summed E-state index contributed by atoms with van der Waals surface area (Å²) in [4.78, 5) is 45.3. The van der Waals surface area contributed by atoms with Crippen LogP contribution in [0.1, 0.15) is 37.9 Å². The number of hydrogen-bond donors (Lipinski definition) is 0. The summed E-state index contributed by atoms with van der Waals surface area (Å²) < 4.78 is 4.88. The third-order valence-corrected chi connectivity index (χ3v) is 6.08. The maximum absolute atomic E-state index is 13.6. The molecule has 0 aliphatic carbocycles. The van der Waals surface area contributed by atoms with Crippen LogP contribution in [0.25, 0.3) is 0 Å². The molecule has 2 aliphatic heterocycles. The molecule has 4 rings (SSSR count). The third kappa shape index (κ3) is 3.45. The van der Waals surface area contributed by atoms with E-state index in [4.69, 9.17) is 16.3 Å². The molecule has 7 heteroatoms. The van der Waals surface area contributed by atoms with Crippen molar-refractivity contribution in [3.05, 3.63) is 64.7 Å². The Bertz CT molecular complexity index is 1100. The molecule has 160 valence electrons. The first-order valence-electron chi connectivity index (χ1n) is 10.0. The predicted molar refractivity (Wildman–Crippen MR) is 118 cm³/mol. The Balaban J connectivity index is 1.84. The first-order chi connectivity index (χ1) is 14.6. The van der Waals surface area contributed by atoms with Crippen LogP contribution in [-0.4, -0.2) is 30.6 Å². The summed E-state index contributed by atoms with van der Waals surface area (Å²) in [6, 6.07) is 13.6. The molecule has 2 heterocycles. The molecule has 0 spiro atoms. The van der Waals surface area contributed by atoms with Gasteiger partial charge in [0.05, 0.1) is 24.8 Å². The van der Waals surface area contributed by atoms with Crippen molar-refractivity contribution < 1.29 is 19.1 Å². The second kappa shape index (κ2) is 7.61. The van der Waals surface area contributed by atoms with Crippen molar-refractivity contribution in [3.8, 4) is 0 Å². The third-order valence-electron chi connectivity index (χ3n) is 5.82. The fourth-order valence-electron chi connectivity index (χ4n) is 4.37. The predicted octanol–water partition coefficient (Wildman–Crippen LogP) is 4.11.